The van der Waals surface area contributed by atoms with Crippen LogP contribution in [0.15, 0.2) is 0 Å². The van der Waals surface area contributed by atoms with E-state index in [4.69, 9.17) is 0 Å². The number of nitrogens with one attached hydrogen (secondary N) is 1. The van der Waals surface area contributed by atoms with Crippen molar-refractivity contribution in [3.63, 3.8) is 0 Å². The summed E-state index contributed by atoms with van der Waals surface area (Å²) < 4.78 is 49.2. The van der Waals surface area contributed by atoms with Crippen LogP contribution >= 0.6 is 0 Å². The third-order valence-corrected chi connectivity index (χ3v) is 2.37. The normalized spacial score (nSPS) is 25.7. The van der Waals surface area contributed by atoms with Gasteiger partial charge in [-0.3, -0.25) is 4.90 Å². The van der Waals surface area contributed by atoms with Gasteiger partial charge in [0, 0.05) is 25.7 Å². The zero-order valence-electron chi connectivity index (χ0n) is 7.94. The lowest BCUT2D eigenvalue weighted by Crippen LogP contribution is -2.54. The number of nitrogens with zero attached hydrogens (tertiary/aromatic N) is 1. The molecule has 1 aliphatic heterocycles. The minimum absolute atomic E-state index is 0.117. The van der Waals surface area contributed by atoms with Crippen molar-refractivity contribution < 1.29 is 17.6 Å². The van der Waals surface area contributed by atoms with Gasteiger partial charge in [-0.15, -0.1) is 0 Å². The molecule has 0 bridgehead atoms. The summed E-state index contributed by atoms with van der Waals surface area (Å²) in [5, 5.41) is 3.01. The molecule has 1 N–H and O–H groups in total. The molecule has 2 nitrogen and oxygen atoms in total. The van der Waals surface area contributed by atoms with E-state index in [1.165, 1.54) is 4.90 Å². The van der Waals surface area contributed by atoms with Crippen LogP contribution in [-0.4, -0.2) is 49.5 Å². The van der Waals surface area contributed by atoms with E-state index in [0.29, 0.717) is 19.6 Å². The molecule has 1 aliphatic rings. The van der Waals surface area contributed by atoms with E-state index < -0.39 is 18.9 Å². The smallest absolute Gasteiger partial charge is 0.314 e. The highest BCUT2D eigenvalue weighted by molar-refractivity contribution is 4.82. The Morgan fingerprint density at radius 2 is 2.14 bits per heavy atom. The van der Waals surface area contributed by atoms with E-state index in [0.717, 1.165) is 0 Å². The molecule has 6 heteroatoms. The topological polar surface area (TPSA) is 15.3 Å². The maximum Gasteiger partial charge on any atom is 0.319 e. The van der Waals surface area contributed by atoms with Crippen molar-refractivity contribution in [1.82, 2.24) is 10.2 Å². The van der Waals surface area contributed by atoms with Gasteiger partial charge < -0.3 is 5.32 Å². The van der Waals surface area contributed by atoms with Gasteiger partial charge in [0.1, 0.15) is 0 Å². The van der Waals surface area contributed by atoms with Crippen molar-refractivity contribution in [1.29, 1.82) is 0 Å². The van der Waals surface area contributed by atoms with Crippen LogP contribution in [0.4, 0.5) is 17.6 Å². The lowest BCUT2D eigenvalue weighted by atomic mass is 10.2. The van der Waals surface area contributed by atoms with E-state index in [1.54, 1.807) is 6.92 Å². The molecule has 1 rings (SSSR count). The molecule has 84 valence electrons. The van der Waals surface area contributed by atoms with Crippen LogP contribution in [0.1, 0.15) is 6.92 Å². The molecular formula is C8H14F4N2. The first-order chi connectivity index (χ1) is 6.43. The predicted molar refractivity (Wildman–Crippen MR) is 44.9 cm³/mol. The van der Waals surface area contributed by atoms with E-state index in [2.05, 4.69) is 5.32 Å². The summed E-state index contributed by atoms with van der Waals surface area (Å²) in [7, 11) is 0. The Bertz CT molecular complexity index is 186. The highest BCUT2D eigenvalue weighted by Gasteiger charge is 2.43. The summed E-state index contributed by atoms with van der Waals surface area (Å²) in [5.41, 5.74) is 0. The number of halogens is 4. The Morgan fingerprint density at radius 3 is 2.64 bits per heavy atom. The molecule has 1 atom stereocenters. The molecule has 1 unspecified atom stereocenters. The number of alkyl halides is 4. The molecule has 1 fully saturated rings. The fraction of sp³-hybridized carbons (Fsp3) is 1.00. The second-order valence-corrected chi connectivity index (χ2v) is 3.59. The molecule has 1 heterocycles. The van der Waals surface area contributed by atoms with Crippen molar-refractivity contribution in [2.75, 3.05) is 26.2 Å². The van der Waals surface area contributed by atoms with Crippen LogP contribution < -0.4 is 5.32 Å². The summed E-state index contributed by atoms with van der Waals surface area (Å²) in [4.78, 5) is 1.39. The Morgan fingerprint density at radius 1 is 1.50 bits per heavy atom. The van der Waals surface area contributed by atoms with Crippen LogP contribution in [0.3, 0.4) is 0 Å². The van der Waals surface area contributed by atoms with E-state index >= 15 is 0 Å². The first-order valence-electron chi connectivity index (χ1n) is 4.54. The maximum absolute atomic E-state index is 12.7. The first kappa shape index (κ1) is 11.7. The van der Waals surface area contributed by atoms with Gasteiger partial charge in [-0.1, -0.05) is 0 Å². The van der Waals surface area contributed by atoms with Crippen LogP contribution in [-0.2, 0) is 0 Å². The summed E-state index contributed by atoms with van der Waals surface area (Å²) in [6.45, 7) is 2.42. The standard InChI is InChI=1S/C8H14F4N2/c1-6-4-13-2-3-14(6)5-8(11,12)7(9)10/h6-7,13H,2-5H2,1H3. The molecule has 14 heavy (non-hydrogen) atoms. The minimum atomic E-state index is -3.90. The maximum atomic E-state index is 12.7. The van der Waals surface area contributed by atoms with E-state index in [9.17, 15) is 17.6 Å². The van der Waals surface area contributed by atoms with Crippen LogP contribution in [0.25, 0.3) is 0 Å². The molecule has 0 aliphatic carbocycles. The van der Waals surface area contributed by atoms with Gasteiger partial charge in [-0.05, 0) is 6.92 Å². The van der Waals surface area contributed by atoms with E-state index in [1.807, 2.05) is 0 Å². The van der Waals surface area contributed by atoms with Crippen LogP contribution in [0.5, 0.6) is 0 Å². The number of piperazine rings is 1. The molecule has 0 spiro atoms. The van der Waals surface area contributed by atoms with Gasteiger partial charge >= 0.3 is 12.3 Å². The largest absolute Gasteiger partial charge is 0.319 e. The minimum Gasteiger partial charge on any atom is -0.314 e. The zero-order valence-corrected chi connectivity index (χ0v) is 7.94. The van der Waals surface area contributed by atoms with Gasteiger partial charge in [-0.2, -0.15) is 8.78 Å². The van der Waals surface area contributed by atoms with Crippen LogP contribution in [0.2, 0.25) is 0 Å². The SMILES string of the molecule is CC1CNCCN1CC(F)(F)C(F)F. The average Bonchev–Trinajstić information content (AvgIpc) is 2.08. The highest BCUT2D eigenvalue weighted by atomic mass is 19.3. The Balaban J connectivity index is 2.49. The van der Waals surface area contributed by atoms with Crippen molar-refractivity contribution in [2.45, 2.75) is 25.3 Å². The Hall–Kier alpha value is -0.360. The average molecular weight is 214 g/mol. The van der Waals surface area contributed by atoms with E-state index in [-0.39, 0.29) is 6.04 Å². The van der Waals surface area contributed by atoms with Crippen molar-refractivity contribution in [2.24, 2.45) is 0 Å². The van der Waals surface area contributed by atoms with Gasteiger partial charge in [0.2, 0.25) is 0 Å². The monoisotopic (exact) mass is 214 g/mol. The van der Waals surface area contributed by atoms with Gasteiger partial charge in [0.15, 0.2) is 0 Å². The van der Waals surface area contributed by atoms with Gasteiger partial charge in [0.05, 0.1) is 6.54 Å². The number of hydrogen-bond donors (Lipinski definition) is 1. The Kier molecular flexibility index (Phi) is 3.71. The van der Waals surface area contributed by atoms with Crippen LogP contribution in [0, 0.1) is 0 Å². The molecule has 0 aromatic heterocycles. The number of hydrogen-bond acceptors (Lipinski definition) is 2. The second kappa shape index (κ2) is 4.44. The van der Waals surface area contributed by atoms with Crippen molar-refractivity contribution in [3.8, 4) is 0 Å². The molecule has 0 saturated carbocycles. The third kappa shape index (κ3) is 2.81. The van der Waals surface area contributed by atoms with Gasteiger partial charge in [-0.25, -0.2) is 8.78 Å². The van der Waals surface area contributed by atoms with Gasteiger partial charge in [0.25, 0.3) is 0 Å². The summed E-state index contributed by atoms with van der Waals surface area (Å²) >= 11 is 0. The predicted octanol–water partition coefficient (Wildman–Crippen LogP) is 1.18. The Labute approximate surface area is 80.3 Å². The lowest BCUT2D eigenvalue weighted by molar-refractivity contribution is -0.146. The quantitative estimate of drug-likeness (QED) is 0.710. The summed E-state index contributed by atoms with van der Waals surface area (Å²) in [5.74, 6) is -3.90. The molecule has 0 aromatic rings. The first-order valence-corrected chi connectivity index (χ1v) is 4.54. The molecular weight excluding hydrogens is 200 g/mol. The molecule has 1 saturated heterocycles. The molecule has 0 radical (unpaired) electrons. The highest BCUT2D eigenvalue weighted by Crippen LogP contribution is 2.24. The number of rotatable bonds is 3. The lowest BCUT2D eigenvalue weighted by Gasteiger charge is -2.35. The fourth-order valence-electron chi connectivity index (χ4n) is 1.46. The summed E-state index contributed by atoms with van der Waals surface area (Å²) in [6.07, 6.45) is -3.58. The third-order valence-electron chi connectivity index (χ3n) is 2.37. The second-order valence-electron chi connectivity index (χ2n) is 3.59. The fourth-order valence-corrected chi connectivity index (χ4v) is 1.46. The summed E-state index contributed by atoms with van der Waals surface area (Å²) in [6, 6.07) is -0.117. The molecule has 0 aromatic carbocycles. The van der Waals surface area contributed by atoms with Crippen molar-refractivity contribution >= 4 is 0 Å². The van der Waals surface area contributed by atoms with Crippen molar-refractivity contribution in [3.05, 3.63) is 0 Å². The molecule has 0 amide bonds. The zero-order chi connectivity index (χ0) is 10.8.